The monoisotopic (exact) mass is 322 g/mol. The summed E-state index contributed by atoms with van der Waals surface area (Å²) in [5.74, 6) is 0.804. The first-order chi connectivity index (χ1) is 10.8. The van der Waals surface area contributed by atoms with Gasteiger partial charge in [-0.1, -0.05) is 20.8 Å². The summed E-state index contributed by atoms with van der Waals surface area (Å²) in [5, 5.41) is 2.94. The van der Waals surface area contributed by atoms with Crippen LogP contribution < -0.4 is 10.1 Å². The van der Waals surface area contributed by atoms with Gasteiger partial charge in [-0.05, 0) is 45.6 Å². The molecule has 0 aliphatic carbocycles. The van der Waals surface area contributed by atoms with E-state index in [0.29, 0.717) is 37.1 Å². The topological polar surface area (TPSA) is 60.5 Å². The Labute approximate surface area is 139 Å². The molecule has 1 atom stereocenters. The fourth-order valence-electron chi connectivity index (χ4n) is 2.53. The van der Waals surface area contributed by atoms with Gasteiger partial charge in [0.15, 0.2) is 0 Å². The Bertz CT molecular complexity index is 517. The van der Waals surface area contributed by atoms with Crippen LogP contribution in [0.3, 0.4) is 0 Å². The number of aromatic nitrogens is 1. The molecule has 1 aromatic rings. The van der Waals surface area contributed by atoms with Crippen LogP contribution in [0, 0.1) is 12.8 Å². The van der Waals surface area contributed by atoms with Crippen molar-refractivity contribution < 1.29 is 14.3 Å². The Hall–Kier alpha value is -1.62. The molecule has 1 heterocycles. The van der Waals surface area contributed by atoms with Crippen LogP contribution in [0.2, 0.25) is 0 Å². The van der Waals surface area contributed by atoms with E-state index in [2.05, 4.69) is 24.1 Å². The Morgan fingerprint density at radius 1 is 1.35 bits per heavy atom. The summed E-state index contributed by atoms with van der Waals surface area (Å²) in [6.45, 7) is 12.9. The minimum Gasteiger partial charge on any atom is -0.478 e. The SMILES string of the molecule is CCCOc1ccc(NC(=O)C(C)(CC(C)C)OCC)c(C)n1. The number of carbonyl (C=O) groups excluding carboxylic acids is 1. The highest BCUT2D eigenvalue weighted by molar-refractivity contribution is 5.97. The highest BCUT2D eigenvalue weighted by Gasteiger charge is 2.35. The first kappa shape index (κ1) is 19.4. The number of rotatable bonds is 9. The molecule has 0 aliphatic heterocycles. The van der Waals surface area contributed by atoms with Crippen molar-refractivity contribution in [2.24, 2.45) is 5.92 Å². The zero-order valence-corrected chi connectivity index (χ0v) is 15.2. The average Bonchev–Trinajstić information content (AvgIpc) is 2.46. The minimum atomic E-state index is -0.841. The maximum absolute atomic E-state index is 12.7. The van der Waals surface area contributed by atoms with E-state index in [9.17, 15) is 4.79 Å². The van der Waals surface area contributed by atoms with E-state index in [1.165, 1.54) is 0 Å². The molecule has 0 radical (unpaired) electrons. The van der Waals surface area contributed by atoms with Crippen molar-refractivity contribution in [1.82, 2.24) is 4.98 Å². The number of carbonyl (C=O) groups is 1. The third kappa shape index (κ3) is 5.82. The van der Waals surface area contributed by atoms with Crippen LogP contribution in [-0.2, 0) is 9.53 Å². The highest BCUT2D eigenvalue weighted by Crippen LogP contribution is 2.25. The van der Waals surface area contributed by atoms with Crippen molar-refractivity contribution in [2.75, 3.05) is 18.5 Å². The average molecular weight is 322 g/mol. The lowest BCUT2D eigenvalue weighted by Gasteiger charge is -2.30. The van der Waals surface area contributed by atoms with Gasteiger partial charge in [-0.3, -0.25) is 4.79 Å². The zero-order chi connectivity index (χ0) is 17.5. The van der Waals surface area contributed by atoms with Gasteiger partial charge in [0.25, 0.3) is 5.91 Å². The molecule has 5 nitrogen and oxygen atoms in total. The molecule has 1 amide bonds. The van der Waals surface area contributed by atoms with Crippen molar-refractivity contribution >= 4 is 11.6 Å². The molecule has 1 rings (SSSR count). The number of aryl methyl sites for hydroxylation is 1. The maximum atomic E-state index is 12.7. The van der Waals surface area contributed by atoms with E-state index in [1.807, 2.05) is 33.8 Å². The summed E-state index contributed by atoms with van der Waals surface area (Å²) >= 11 is 0. The van der Waals surface area contributed by atoms with Crippen LogP contribution >= 0.6 is 0 Å². The summed E-state index contributed by atoms with van der Waals surface area (Å²) in [7, 11) is 0. The van der Waals surface area contributed by atoms with E-state index in [1.54, 1.807) is 6.07 Å². The van der Waals surface area contributed by atoms with Crippen LogP contribution in [0.25, 0.3) is 0 Å². The summed E-state index contributed by atoms with van der Waals surface area (Å²) in [6.07, 6.45) is 1.60. The van der Waals surface area contributed by atoms with Gasteiger partial charge in [0.2, 0.25) is 5.88 Å². The Morgan fingerprint density at radius 3 is 2.57 bits per heavy atom. The second-order valence-electron chi connectivity index (χ2n) is 6.35. The maximum Gasteiger partial charge on any atom is 0.256 e. The van der Waals surface area contributed by atoms with Crippen molar-refractivity contribution in [2.45, 2.75) is 60.0 Å². The molecule has 0 fully saturated rings. The van der Waals surface area contributed by atoms with Crippen LogP contribution in [0.5, 0.6) is 5.88 Å². The van der Waals surface area contributed by atoms with E-state index < -0.39 is 5.60 Å². The number of nitrogens with one attached hydrogen (secondary N) is 1. The number of hydrogen-bond acceptors (Lipinski definition) is 4. The van der Waals surface area contributed by atoms with Crippen molar-refractivity contribution in [3.05, 3.63) is 17.8 Å². The zero-order valence-electron chi connectivity index (χ0n) is 15.2. The van der Waals surface area contributed by atoms with Crippen molar-refractivity contribution in [3.63, 3.8) is 0 Å². The molecule has 1 unspecified atom stereocenters. The third-order valence-corrected chi connectivity index (χ3v) is 3.50. The molecule has 1 aromatic heterocycles. The van der Waals surface area contributed by atoms with Gasteiger partial charge in [-0.25, -0.2) is 4.98 Å². The predicted octanol–water partition coefficient (Wildman–Crippen LogP) is 3.96. The van der Waals surface area contributed by atoms with E-state index >= 15 is 0 Å². The van der Waals surface area contributed by atoms with Crippen molar-refractivity contribution in [3.8, 4) is 5.88 Å². The molecule has 5 heteroatoms. The summed E-state index contributed by atoms with van der Waals surface area (Å²) in [6, 6.07) is 3.60. The van der Waals surface area contributed by atoms with Crippen LogP contribution in [0.15, 0.2) is 12.1 Å². The predicted molar refractivity (Wildman–Crippen MR) is 92.9 cm³/mol. The van der Waals surface area contributed by atoms with Gasteiger partial charge in [-0.15, -0.1) is 0 Å². The number of nitrogens with zero attached hydrogens (tertiary/aromatic N) is 1. The Kier molecular flexibility index (Phi) is 7.49. The molecule has 130 valence electrons. The van der Waals surface area contributed by atoms with Gasteiger partial charge < -0.3 is 14.8 Å². The molecule has 0 saturated heterocycles. The normalized spacial score (nSPS) is 13.7. The molecule has 0 saturated carbocycles. The molecule has 0 spiro atoms. The Morgan fingerprint density at radius 2 is 2.04 bits per heavy atom. The first-order valence-electron chi connectivity index (χ1n) is 8.38. The quantitative estimate of drug-likeness (QED) is 0.747. The van der Waals surface area contributed by atoms with Gasteiger partial charge in [0.05, 0.1) is 18.0 Å². The first-order valence-corrected chi connectivity index (χ1v) is 8.38. The minimum absolute atomic E-state index is 0.139. The summed E-state index contributed by atoms with van der Waals surface area (Å²) in [4.78, 5) is 17.0. The molecular weight excluding hydrogens is 292 g/mol. The number of anilines is 1. The highest BCUT2D eigenvalue weighted by atomic mass is 16.5. The molecular formula is C18H30N2O3. The molecule has 23 heavy (non-hydrogen) atoms. The van der Waals surface area contributed by atoms with Crippen molar-refractivity contribution in [1.29, 1.82) is 0 Å². The fourth-order valence-corrected chi connectivity index (χ4v) is 2.53. The van der Waals surface area contributed by atoms with Gasteiger partial charge in [-0.2, -0.15) is 0 Å². The number of hydrogen-bond donors (Lipinski definition) is 1. The molecule has 0 aliphatic rings. The van der Waals surface area contributed by atoms with E-state index in [0.717, 1.165) is 12.1 Å². The molecule has 0 bridgehead atoms. The van der Waals surface area contributed by atoms with Gasteiger partial charge in [0, 0.05) is 12.7 Å². The lowest BCUT2D eigenvalue weighted by atomic mass is 9.93. The standard InChI is InChI=1S/C18H30N2O3/c1-7-11-22-16-10-9-15(14(5)19-16)20-17(21)18(6,23-8-2)12-13(3)4/h9-10,13H,7-8,11-12H2,1-6H3,(H,20,21). The lowest BCUT2D eigenvalue weighted by molar-refractivity contribution is -0.140. The van der Waals surface area contributed by atoms with Gasteiger partial charge in [0.1, 0.15) is 5.60 Å². The van der Waals surface area contributed by atoms with Gasteiger partial charge >= 0.3 is 0 Å². The lowest BCUT2D eigenvalue weighted by Crippen LogP contribution is -2.44. The summed E-state index contributed by atoms with van der Waals surface area (Å²) < 4.78 is 11.2. The number of amides is 1. The van der Waals surface area contributed by atoms with Crippen LogP contribution in [-0.4, -0.2) is 29.7 Å². The number of ether oxygens (including phenoxy) is 2. The second kappa shape index (κ2) is 8.87. The van der Waals surface area contributed by atoms with E-state index in [-0.39, 0.29) is 5.91 Å². The summed E-state index contributed by atoms with van der Waals surface area (Å²) in [5.41, 5.74) is 0.580. The fraction of sp³-hybridized carbons (Fsp3) is 0.667. The van der Waals surface area contributed by atoms with Crippen LogP contribution in [0.4, 0.5) is 5.69 Å². The molecule has 0 aromatic carbocycles. The number of pyridine rings is 1. The second-order valence-corrected chi connectivity index (χ2v) is 6.35. The smallest absolute Gasteiger partial charge is 0.256 e. The van der Waals surface area contributed by atoms with Crippen LogP contribution in [0.1, 0.15) is 53.2 Å². The Balaban J connectivity index is 2.85. The largest absolute Gasteiger partial charge is 0.478 e. The third-order valence-electron chi connectivity index (χ3n) is 3.50. The molecule has 1 N–H and O–H groups in total. The van der Waals surface area contributed by atoms with E-state index in [4.69, 9.17) is 9.47 Å².